The van der Waals surface area contributed by atoms with Crippen LogP contribution in [0.2, 0.25) is 0 Å². The summed E-state index contributed by atoms with van der Waals surface area (Å²) in [6, 6.07) is 12.6. The van der Waals surface area contributed by atoms with Crippen LogP contribution in [-0.2, 0) is 0 Å². The lowest BCUT2D eigenvalue weighted by Crippen LogP contribution is -2.33. The lowest BCUT2D eigenvalue weighted by atomic mass is 10.1. The van der Waals surface area contributed by atoms with Crippen LogP contribution in [0.4, 0.5) is 23.2 Å². The number of alkyl halides is 4. The van der Waals surface area contributed by atoms with Gasteiger partial charge in [-0.1, -0.05) is 18.2 Å². The molecule has 3 nitrogen and oxygen atoms in total. The van der Waals surface area contributed by atoms with Crippen LogP contribution in [0, 0.1) is 0 Å². The molecule has 3 rings (SSSR count). The van der Waals surface area contributed by atoms with Crippen molar-refractivity contribution in [3.8, 4) is 5.75 Å². The Kier molecular flexibility index (Phi) is 6.56. The van der Waals surface area contributed by atoms with Gasteiger partial charge < -0.3 is 9.64 Å². The van der Waals surface area contributed by atoms with E-state index in [4.69, 9.17) is 0 Å². The lowest BCUT2D eigenvalue weighted by Gasteiger charge is -2.28. The molecule has 0 amide bonds. The van der Waals surface area contributed by atoms with Gasteiger partial charge in [-0.05, 0) is 67.3 Å². The van der Waals surface area contributed by atoms with Crippen LogP contribution >= 0.6 is 0 Å². The molecule has 154 valence electrons. The third-order valence-electron chi connectivity index (χ3n) is 4.67. The van der Waals surface area contributed by atoms with Crippen molar-refractivity contribution >= 4 is 17.5 Å². The average molecular weight is 407 g/mol. The van der Waals surface area contributed by atoms with Gasteiger partial charge in [-0.15, -0.1) is 0 Å². The zero-order valence-electron chi connectivity index (χ0n) is 15.7. The quantitative estimate of drug-likeness (QED) is 0.330. The SMILES string of the molecule is O=C(/C=C/c1cccc(OC(F)(F)C(F)F)c1)c1ccc(N2CCCCC2)cc1. The highest BCUT2D eigenvalue weighted by Crippen LogP contribution is 2.28. The Labute approximate surface area is 166 Å². The van der Waals surface area contributed by atoms with Crippen molar-refractivity contribution in [1.29, 1.82) is 0 Å². The summed E-state index contributed by atoms with van der Waals surface area (Å²) in [7, 11) is 0. The summed E-state index contributed by atoms with van der Waals surface area (Å²) in [5.74, 6) is -0.657. The van der Waals surface area contributed by atoms with Gasteiger partial charge in [0.1, 0.15) is 5.75 Å². The molecule has 2 aromatic rings. The number of ether oxygens (including phenoxy) is 1. The molecule has 1 heterocycles. The van der Waals surface area contributed by atoms with Gasteiger partial charge in [0, 0.05) is 24.3 Å². The molecule has 2 aromatic carbocycles. The lowest BCUT2D eigenvalue weighted by molar-refractivity contribution is -0.253. The maximum atomic E-state index is 13.0. The van der Waals surface area contributed by atoms with Crippen LogP contribution < -0.4 is 9.64 Å². The summed E-state index contributed by atoms with van der Waals surface area (Å²) in [6.07, 6.45) is -2.21. The first-order valence-electron chi connectivity index (χ1n) is 9.37. The normalized spacial score (nSPS) is 15.1. The van der Waals surface area contributed by atoms with Crippen molar-refractivity contribution in [2.45, 2.75) is 31.8 Å². The number of hydrogen-bond donors (Lipinski definition) is 0. The van der Waals surface area contributed by atoms with Crippen LogP contribution in [0.3, 0.4) is 0 Å². The number of halogens is 4. The Hall–Kier alpha value is -2.83. The predicted molar refractivity (Wildman–Crippen MR) is 104 cm³/mol. The molecule has 0 aliphatic carbocycles. The second-order valence-corrected chi connectivity index (χ2v) is 6.83. The molecule has 7 heteroatoms. The Balaban J connectivity index is 1.65. The summed E-state index contributed by atoms with van der Waals surface area (Å²) in [6.45, 7) is 2.02. The second-order valence-electron chi connectivity index (χ2n) is 6.83. The number of rotatable bonds is 7. The second kappa shape index (κ2) is 9.11. The molecular formula is C22H21F4NO2. The van der Waals surface area contributed by atoms with E-state index in [1.165, 1.54) is 30.7 Å². The molecule has 1 fully saturated rings. The minimum Gasteiger partial charge on any atom is -0.428 e. The largest absolute Gasteiger partial charge is 0.461 e. The van der Waals surface area contributed by atoms with Gasteiger partial charge in [0.05, 0.1) is 0 Å². The highest BCUT2D eigenvalue weighted by molar-refractivity contribution is 6.07. The molecule has 0 atom stereocenters. The van der Waals surface area contributed by atoms with Gasteiger partial charge in [-0.3, -0.25) is 4.79 Å². The van der Waals surface area contributed by atoms with Crippen LogP contribution in [0.15, 0.2) is 54.6 Å². The number of carbonyl (C=O) groups excluding carboxylic acids is 1. The molecule has 1 aliphatic rings. The van der Waals surface area contributed by atoms with Crippen molar-refractivity contribution in [2.24, 2.45) is 0 Å². The maximum absolute atomic E-state index is 13.0. The minimum atomic E-state index is -4.58. The molecule has 0 aromatic heterocycles. The van der Waals surface area contributed by atoms with Crippen LogP contribution in [-0.4, -0.2) is 31.4 Å². The predicted octanol–water partition coefficient (Wildman–Crippen LogP) is 5.81. The van der Waals surface area contributed by atoms with E-state index in [0.717, 1.165) is 37.7 Å². The summed E-state index contributed by atoms with van der Waals surface area (Å²) < 4.78 is 54.6. The number of allylic oxidation sites excluding steroid dienone is 1. The molecule has 0 radical (unpaired) electrons. The van der Waals surface area contributed by atoms with Crippen molar-refractivity contribution in [1.82, 2.24) is 0 Å². The van der Waals surface area contributed by atoms with Gasteiger partial charge in [-0.25, -0.2) is 0 Å². The van der Waals surface area contributed by atoms with E-state index in [-0.39, 0.29) is 5.78 Å². The third kappa shape index (κ3) is 5.59. The third-order valence-corrected chi connectivity index (χ3v) is 4.67. The number of carbonyl (C=O) groups is 1. The van der Waals surface area contributed by atoms with Crippen molar-refractivity contribution in [2.75, 3.05) is 18.0 Å². The van der Waals surface area contributed by atoms with E-state index in [1.54, 1.807) is 18.2 Å². The van der Waals surface area contributed by atoms with E-state index in [9.17, 15) is 22.4 Å². The van der Waals surface area contributed by atoms with Crippen molar-refractivity contribution in [3.63, 3.8) is 0 Å². The number of nitrogens with zero attached hydrogens (tertiary/aromatic N) is 1. The molecule has 0 N–H and O–H groups in total. The van der Waals surface area contributed by atoms with E-state index in [2.05, 4.69) is 9.64 Å². The standard InChI is InChI=1S/C22H21F4NO2/c23-21(24)22(25,26)29-19-6-4-5-16(15-19)7-12-20(28)17-8-10-18(11-9-17)27-13-2-1-3-14-27/h4-12,15,21H,1-3,13-14H2/b12-7+. The highest BCUT2D eigenvalue weighted by Gasteiger charge is 2.43. The first kappa shape index (κ1) is 20.9. The fourth-order valence-corrected chi connectivity index (χ4v) is 3.14. The smallest absolute Gasteiger partial charge is 0.428 e. The molecule has 0 saturated carbocycles. The molecule has 0 unspecified atom stereocenters. The van der Waals surface area contributed by atoms with Crippen LogP contribution in [0.5, 0.6) is 5.75 Å². The molecule has 0 bridgehead atoms. The van der Waals surface area contributed by atoms with Crippen LogP contribution in [0.1, 0.15) is 35.2 Å². The van der Waals surface area contributed by atoms with E-state index in [1.807, 2.05) is 12.1 Å². The summed E-state index contributed by atoms with van der Waals surface area (Å²) in [4.78, 5) is 14.6. The van der Waals surface area contributed by atoms with Gasteiger partial charge in [0.15, 0.2) is 5.78 Å². The molecule has 1 aliphatic heterocycles. The number of benzene rings is 2. The molecule has 29 heavy (non-hydrogen) atoms. The Bertz CT molecular complexity index is 859. The molecular weight excluding hydrogens is 386 g/mol. The van der Waals surface area contributed by atoms with Gasteiger partial charge in [-0.2, -0.15) is 17.6 Å². The zero-order valence-corrected chi connectivity index (χ0v) is 15.7. The maximum Gasteiger partial charge on any atom is 0.461 e. The Morgan fingerprint density at radius 3 is 2.38 bits per heavy atom. The van der Waals surface area contributed by atoms with Gasteiger partial charge in [0.2, 0.25) is 0 Å². The number of hydrogen-bond acceptors (Lipinski definition) is 3. The summed E-state index contributed by atoms with van der Waals surface area (Å²) in [5.41, 5.74) is 1.96. The van der Waals surface area contributed by atoms with E-state index < -0.39 is 18.3 Å². The number of ketones is 1. The van der Waals surface area contributed by atoms with E-state index in [0.29, 0.717) is 11.1 Å². The fourth-order valence-electron chi connectivity index (χ4n) is 3.14. The minimum absolute atomic E-state index is 0.251. The van der Waals surface area contributed by atoms with E-state index >= 15 is 0 Å². The van der Waals surface area contributed by atoms with Crippen molar-refractivity contribution < 1.29 is 27.1 Å². The Morgan fingerprint density at radius 2 is 1.72 bits per heavy atom. The summed E-state index contributed by atoms with van der Waals surface area (Å²) in [5, 5.41) is 0. The van der Waals surface area contributed by atoms with Crippen molar-refractivity contribution in [3.05, 3.63) is 65.7 Å². The molecule has 1 saturated heterocycles. The summed E-state index contributed by atoms with van der Waals surface area (Å²) >= 11 is 0. The molecule has 0 spiro atoms. The average Bonchev–Trinajstić information content (AvgIpc) is 2.72. The zero-order chi connectivity index (χ0) is 20.9. The topological polar surface area (TPSA) is 29.5 Å². The van der Waals surface area contributed by atoms with Gasteiger partial charge in [0.25, 0.3) is 0 Å². The number of piperidine rings is 1. The first-order valence-corrected chi connectivity index (χ1v) is 9.37. The van der Waals surface area contributed by atoms with Gasteiger partial charge >= 0.3 is 12.5 Å². The highest BCUT2D eigenvalue weighted by atomic mass is 19.3. The fraction of sp³-hybridized carbons (Fsp3) is 0.318. The number of anilines is 1. The van der Waals surface area contributed by atoms with Crippen LogP contribution in [0.25, 0.3) is 6.08 Å². The Morgan fingerprint density at radius 1 is 1.03 bits per heavy atom. The monoisotopic (exact) mass is 407 g/mol. The first-order chi connectivity index (χ1) is 13.8.